The Morgan fingerprint density at radius 1 is 0.532 bits per heavy atom. The first-order valence-electron chi connectivity index (χ1n) is 18.4. The molecule has 0 heterocycles. The van der Waals surface area contributed by atoms with E-state index in [1.807, 2.05) is 0 Å². The van der Waals surface area contributed by atoms with Crippen molar-refractivity contribution < 1.29 is 28.7 Å². The molecule has 0 bridgehead atoms. The third-order valence-electron chi connectivity index (χ3n) is 8.23. The molecular formula is C35H68N6O6. The summed E-state index contributed by atoms with van der Waals surface area (Å²) in [4.78, 5) is 63.8. The maximum Gasteiger partial charge on any atom is 0.328 e. The number of hydrogen-bond acceptors (Lipinski definition) is 8. The van der Waals surface area contributed by atoms with Crippen LogP contribution in [-0.4, -0.2) is 74.5 Å². The van der Waals surface area contributed by atoms with Crippen LogP contribution in [0.3, 0.4) is 0 Å². The molecule has 4 amide bonds. The fourth-order valence-electron chi connectivity index (χ4n) is 5.31. The fourth-order valence-corrected chi connectivity index (χ4v) is 5.31. The molecule has 0 saturated heterocycles. The van der Waals surface area contributed by atoms with Crippen LogP contribution in [0, 0.1) is 0 Å². The van der Waals surface area contributed by atoms with E-state index in [4.69, 9.17) is 16.2 Å². The monoisotopic (exact) mass is 669 g/mol. The van der Waals surface area contributed by atoms with Crippen LogP contribution in [-0.2, 0) is 28.7 Å². The number of unbranched alkanes of at least 4 members (excludes halogenated alkanes) is 11. The van der Waals surface area contributed by atoms with Crippen molar-refractivity contribution in [3.8, 4) is 0 Å². The minimum absolute atomic E-state index is 0.115. The Morgan fingerprint density at radius 2 is 0.979 bits per heavy atom. The number of ether oxygens (including phenoxy) is 1. The minimum Gasteiger partial charge on any atom is -0.467 e. The van der Waals surface area contributed by atoms with Crippen molar-refractivity contribution in [1.29, 1.82) is 0 Å². The second-order valence-corrected chi connectivity index (χ2v) is 12.5. The largest absolute Gasteiger partial charge is 0.467 e. The van der Waals surface area contributed by atoms with Gasteiger partial charge >= 0.3 is 5.97 Å². The summed E-state index contributed by atoms with van der Waals surface area (Å²) < 4.78 is 4.94. The SMILES string of the molecule is CCCCCCCC(=O)N[C@@H](CCCCN)C(=O)NCCCC[C@H](NC(=O)[C@H](CCCCN)NC(=O)CCCCCCC)C(=O)OC. The van der Waals surface area contributed by atoms with Gasteiger partial charge < -0.3 is 37.5 Å². The summed E-state index contributed by atoms with van der Waals surface area (Å²) in [5.74, 6) is -1.52. The second-order valence-electron chi connectivity index (χ2n) is 12.5. The van der Waals surface area contributed by atoms with Crippen LogP contribution in [0.5, 0.6) is 0 Å². The normalized spacial score (nSPS) is 12.9. The Balaban J connectivity index is 4.95. The van der Waals surface area contributed by atoms with Gasteiger partial charge in [0.2, 0.25) is 23.6 Å². The van der Waals surface area contributed by atoms with Crippen LogP contribution in [0.2, 0.25) is 0 Å². The van der Waals surface area contributed by atoms with Crippen LogP contribution in [0.4, 0.5) is 0 Å². The van der Waals surface area contributed by atoms with Gasteiger partial charge in [-0.1, -0.05) is 65.2 Å². The van der Waals surface area contributed by atoms with E-state index in [9.17, 15) is 24.0 Å². The molecule has 0 fully saturated rings. The molecule has 0 aliphatic carbocycles. The molecule has 0 aliphatic heterocycles. The fraction of sp³-hybridized carbons (Fsp3) is 0.857. The molecule has 0 aromatic carbocycles. The van der Waals surface area contributed by atoms with E-state index < -0.39 is 30.0 Å². The Kier molecular flexibility index (Phi) is 28.8. The van der Waals surface area contributed by atoms with Crippen molar-refractivity contribution in [2.45, 2.75) is 167 Å². The average Bonchev–Trinajstić information content (AvgIpc) is 3.06. The van der Waals surface area contributed by atoms with E-state index in [1.54, 1.807) is 0 Å². The molecule has 274 valence electrons. The van der Waals surface area contributed by atoms with E-state index in [0.717, 1.165) is 83.5 Å². The van der Waals surface area contributed by atoms with Gasteiger partial charge in [0, 0.05) is 19.4 Å². The highest BCUT2D eigenvalue weighted by Gasteiger charge is 2.27. The number of carbonyl (C=O) groups is 5. The molecule has 0 saturated carbocycles. The predicted octanol–water partition coefficient (Wildman–Crippen LogP) is 3.88. The van der Waals surface area contributed by atoms with Crippen molar-refractivity contribution in [2.75, 3.05) is 26.7 Å². The zero-order valence-electron chi connectivity index (χ0n) is 29.8. The highest BCUT2D eigenvalue weighted by molar-refractivity contribution is 5.90. The van der Waals surface area contributed by atoms with Crippen molar-refractivity contribution >= 4 is 29.6 Å². The molecule has 8 N–H and O–H groups in total. The van der Waals surface area contributed by atoms with E-state index in [0.29, 0.717) is 71.0 Å². The van der Waals surface area contributed by atoms with Gasteiger partial charge in [-0.05, 0) is 83.7 Å². The number of carbonyl (C=O) groups excluding carboxylic acids is 5. The highest BCUT2D eigenvalue weighted by Crippen LogP contribution is 2.10. The maximum absolute atomic E-state index is 13.2. The number of nitrogens with two attached hydrogens (primary N) is 2. The van der Waals surface area contributed by atoms with Gasteiger partial charge in [0.25, 0.3) is 0 Å². The summed E-state index contributed by atoms with van der Waals surface area (Å²) in [5, 5.41) is 11.4. The standard InChI is InChI=1S/C35H68N6O6/c1-4-6-8-10-12-23-31(42)39-28(20-14-17-25-36)33(44)38-27-19-16-22-30(35(46)47-3)41-34(45)29(21-15-18-26-37)40-32(43)24-13-11-9-7-5-2/h28-30H,4-27,36-37H2,1-3H3,(H,38,44)(H,39,42)(H,40,43)(H,41,45)/t28-,29-,30-/m0/s1. The van der Waals surface area contributed by atoms with E-state index in [2.05, 4.69) is 35.1 Å². The number of esters is 1. The third kappa shape index (κ3) is 24.1. The summed E-state index contributed by atoms with van der Waals surface area (Å²) in [7, 11) is 1.27. The lowest BCUT2D eigenvalue weighted by atomic mass is 10.0. The molecule has 0 aliphatic rings. The molecule has 0 unspecified atom stereocenters. The van der Waals surface area contributed by atoms with Crippen LogP contribution >= 0.6 is 0 Å². The number of amides is 4. The third-order valence-corrected chi connectivity index (χ3v) is 8.23. The lowest BCUT2D eigenvalue weighted by Crippen LogP contribution is -2.51. The molecule has 12 heteroatoms. The first kappa shape index (κ1) is 44.3. The number of hydrogen-bond donors (Lipinski definition) is 6. The molecular weight excluding hydrogens is 600 g/mol. The molecule has 0 aromatic heterocycles. The first-order valence-corrected chi connectivity index (χ1v) is 18.4. The lowest BCUT2D eigenvalue weighted by molar-refractivity contribution is -0.145. The van der Waals surface area contributed by atoms with Crippen LogP contribution in [0.15, 0.2) is 0 Å². The molecule has 0 spiro atoms. The van der Waals surface area contributed by atoms with Crippen LogP contribution < -0.4 is 32.7 Å². The first-order chi connectivity index (χ1) is 22.7. The quantitative estimate of drug-likeness (QED) is 0.0473. The van der Waals surface area contributed by atoms with Crippen molar-refractivity contribution in [2.24, 2.45) is 11.5 Å². The summed E-state index contributed by atoms with van der Waals surface area (Å²) in [6, 6.07) is -2.26. The smallest absolute Gasteiger partial charge is 0.328 e. The minimum atomic E-state index is -0.883. The maximum atomic E-state index is 13.2. The van der Waals surface area contributed by atoms with Gasteiger partial charge in [-0.2, -0.15) is 0 Å². The van der Waals surface area contributed by atoms with E-state index >= 15 is 0 Å². The number of rotatable bonds is 31. The molecule has 0 aromatic rings. The van der Waals surface area contributed by atoms with Crippen LogP contribution in [0.1, 0.15) is 149 Å². The zero-order chi connectivity index (χ0) is 35.1. The zero-order valence-corrected chi connectivity index (χ0v) is 29.8. The topological polar surface area (TPSA) is 195 Å². The van der Waals surface area contributed by atoms with Gasteiger partial charge in [0.05, 0.1) is 7.11 Å². The Morgan fingerprint density at radius 3 is 1.45 bits per heavy atom. The predicted molar refractivity (Wildman–Crippen MR) is 187 cm³/mol. The van der Waals surface area contributed by atoms with Crippen molar-refractivity contribution in [1.82, 2.24) is 21.3 Å². The molecule has 3 atom stereocenters. The molecule has 0 rings (SSSR count). The van der Waals surface area contributed by atoms with E-state index in [-0.39, 0.29) is 17.7 Å². The Bertz CT molecular complexity index is 858. The Labute approximate surface area is 284 Å². The number of nitrogens with one attached hydrogen (secondary N) is 4. The molecule has 0 radical (unpaired) electrons. The summed E-state index contributed by atoms with van der Waals surface area (Å²) in [6.45, 7) is 5.66. The average molecular weight is 669 g/mol. The van der Waals surface area contributed by atoms with Gasteiger partial charge in [0.1, 0.15) is 18.1 Å². The van der Waals surface area contributed by atoms with Crippen molar-refractivity contribution in [3.05, 3.63) is 0 Å². The van der Waals surface area contributed by atoms with E-state index in [1.165, 1.54) is 7.11 Å². The summed E-state index contributed by atoms with van der Waals surface area (Å²) in [5.41, 5.74) is 11.3. The number of methoxy groups -OCH3 is 1. The molecule has 12 nitrogen and oxygen atoms in total. The van der Waals surface area contributed by atoms with Gasteiger partial charge in [-0.3, -0.25) is 19.2 Å². The summed E-state index contributed by atoms with van der Waals surface area (Å²) >= 11 is 0. The Hall–Kier alpha value is -2.73. The second kappa shape index (κ2) is 30.6. The summed E-state index contributed by atoms with van der Waals surface area (Å²) in [6.07, 6.45) is 16.3. The molecule has 47 heavy (non-hydrogen) atoms. The van der Waals surface area contributed by atoms with Gasteiger partial charge in [-0.25, -0.2) is 4.79 Å². The van der Waals surface area contributed by atoms with Gasteiger partial charge in [0.15, 0.2) is 0 Å². The lowest BCUT2D eigenvalue weighted by Gasteiger charge is -2.22. The van der Waals surface area contributed by atoms with Crippen molar-refractivity contribution in [3.63, 3.8) is 0 Å². The van der Waals surface area contributed by atoms with Gasteiger partial charge in [-0.15, -0.1) is 0 Å². The highest BCUT2D eigenvalue weighted by atomic mass is 16.5. The van der Waals surface area contributed by atoms with Crippen LogP contribution in [0.25, 0.3) is 0 Å².